The number of rotatable bonds is 5. The Morgan fingerprint density at radius 2 is 2.00 bits per heavy atom. The standard InChI is InChI=1S/C16H19F3N4O2/c17-16(18,19)25-13-5-1-11(2-6-13)22-15(20)21-8-10-7-14(24)23(9-10)12-3-4-12/h1-2,5-6,10,12H,3-4,7-9H2,(H3,20,21,22). The quantitative estimate of drug-likeness (QED) is 0.627. The number of guanidine groups is 1. The lowest BCUT2D eigenvalue weighted by Crippen LogP contribution is -2.28. The van der Waals surface area contributed by atoms with Crippen molar-refractivity contribution in [3.05, 3.63) is 24.3 Å². The molecule has 0 spiro atoms. The van der Waals surface area contributed by atoms with Crippen molar-refractivity contribution in [3.8, 4) is 5.75 Å². The molecule has 1 unspecified atom stereocenters. The van der Waals surface area contributed by atoms with Crippen LogP contribution in [0, 0.1) is 5.92 Å². The molecular formula is C16H19F3N4O2. The molecule has 0 radical (unpaired) electrons. The van der Waals surface area contributed by atoms with Crippen molar-refractivity contribution in [2.24, 2.45) is 16.6 Å². The Morgan fingerprint density at radius 3 is 2.60 bits per heavy atom. The lowest BCUT2D eigenvalue weighted by Gasteiger charge is -2.14. The molecule has 1 atom stereocenters. The van der Waals surface area contributed by atoms with E-state index in [0.717, 1.165) is 12.8 Å². The molecule has 1 aromatic rings. The maximum atomic E-state index is 12.1. The molecular weight excluding hydrogens is 337 g/mol. The normalized spacial score (nSPS) is 21.6. The fraction of sp³-hybridized carbons (Fsp3) is 0.500. The third kappa shape index (κ3) is 5.01. The van der Waals surface area contributed by atoms with Gasteiger partial charge < -0.3 is 20.7 Å². The van der Waals surface area contributed by atoms with E-state index in [1.807, 2.05) is 4.90 Å². The highest BCUT2D eigenvalue weighted by molar-refractivity contribution is 5.92. The molecule has 25 heavy (non-hydrogen) atoms. The van der Waals surface area contributed by atoms with Gasteiger partial charge in [0.1, 0.15) is 5.75 Å². The largest absolute Gasteiger partial charge is 0.573 e. The average molecular weight is 356 g/mol. The highest BCUT2D eigenvalue weighted by Crippen LogP contribution is 2.32. The number of anilines is 1. The van der Waals surface area contributed by atoms with Crippen molar-refractivity contribution in [1.82, 2.24) is 4.90 Å². The number of amides is 1. The number of likely N-dealkylation sites (tertiary alicyclic amines) is 1. The Bertz CT molecular complexity index is 656. The number of ether oxygens (including phenoxy) is 1. The zero-order chi connectivity index (χ0) is 18.0. The predicted molar refractivity (Wildman–Crippen MR) is 86.1 cm³/mol. The van der Waals surface area contributed by atoms with Crippen LogP contribution in [-0.2, 0) is 4.79 Å². The third-order valence-corrected chi connectivity index (χ3v) is 4.11. The second-order valence-corrected chi connectivity index (χ2v) is 6.27. The van der Waals surface area contributed by atoms with E-state index in [1.54, 1.807) is 0 Å². The maximum absolute atomic E-state index is 12.1. The predicted octanol–water partition coefficient (Wildman–Crippen LogP) is 2.32. The Kier molecular flexibility index (Phi) is 4.73. The summed E-state index contributed by atoms with van der Waals surface area (Å²) in [5.41, 5.74) is 6.29. The van der Waals surface area contributed by atoms with E-state index in [2.05, 4.69) is 15.0 Å². The first-order chi connectivity index (χ1) is 11.8. The number of hydrogen-bond acceptors (Lipinski definition) is 3. The molecule has 1 saturated carbocycles. The zero-order valence-corrected chi connectivity index (χ0v) is 13.4. The maximum Gasteiger partial charge on any atom is 0.573 e. The summed E-state index contributed by atoms with van der Waals surface area (Å²) in [5, 5.41) is 2.81. The van der Waals surface area contributed by atoms with Crippen LogP contribution in [0.25, 0.3) is 0 Å². The highest BCUT2D eigenvalue weighted by atomic mass is 19.4. The Labute approximate surface area is 142 Å². The van der Waals surface area contributed by atoms with Gasteiger partial charge >= 0.3 is 6.36 Å². The minimum Gasteiger partial charge on any atom is -0.406 e. The minimum absolute atomic E-state index is 0.149. The zero-order valence-electron chi connectivity index (χ0n) is 13.4. The van der Waals surface area contributed by atoms with Crippen molar-refractivity contribution in [1.29, 1.82) is 0 Å². The van der Waals surface area contributed by atoms with Crippen molar-refractivity contribution in [2.45, 2.75) is 31.7 Å². The van der Waals surface area contributed by atoms with E-state index in [9.17, 15) is 18.0 Å². The topological polar surface area (TPSA) is 80.0 Å². The van der Waals surface area contributed by atoms with Crippen molar-refractivity contribution in [2.75, 3.05) is 18.4 Å². The summed E-state index contributed by atoms with van der Waals surface area (Å²) >= 11 is 0. The van der Waals surface area contributed by atoms with Crippen LogP contribution in [0.15, 0.2) is 29.3 Å². The van der Waals surface area contributed by atoms with E-state index in [-0.39, 0.29) is 23.5 Å². The second-order valence-electron chi connectivity index (χ2n) is 6.27. The Morgan fingerprint density at radius 1 is 1.32 bits per heavy atom. The molecule has 1 heterocycles. The number of alkyl halides is 3. The summed E-state index contributed by atoms with van der Waals surface area (Å²) in [6.45, 7) is 1.15. The van der Waals surface area contributed by atoms with Crippen LogP contribution in [0.4, 0.5) is 18.9 Å². The van der Waals surface area contributed by atoms with Gasteiger partial charge in [0.2, 0.25) is 5.91 Å². The van der Waals surface area contributed by atoms with Gasteiger partial charge in [-0.05, 0) is 37.1 Å². The Balaban J connectivity index is 1.49. The van der Waals surface area contributed by atoms with Gasteiger partial charge in [-0.2, -0.15) is 0 Å². The first-order valence-corrected chi connectivity index (χ1v) is 8.02. The smallest absolute Gasteiger partial charge is 0.406 e. The van der Waals surface area contributed by atoms with Crippen LogP contribution in [0.1, 0.15) is 19.3 Å². The average Bonchev–Trinajstić information content (AvgIpc) is 3.29. The van der Waals surface area contributed by atoms with E-state index >= 15 is 0 Å². The lowest BCUT2D eigenvalue weighted by atomic mass is 10.1. The van der Waals surface area contributed by atoms with E-state index < -0.39 is 6.36 Å². The van der Waals surface area contributed by atoms with Gasteiger partial charge in [-0.1, -0.05) is 0 Å². The van der Waals surface area contributed by atoms with Gasteiger partial charge in [0.25, 0.3) is 0 Å². The monoisotopic (exact) mass is 356 g/mol. The summed E-state index contributed by atoms with van der Waals surface area (Å²) in [7, 11) is 0. The SMILES string of the molecule is NC(=NCC1CC(=O)N(C2CC2)C1)Nc1ccc(OC(F)(F)F)cc1. The number of halogens is 3. The second kappa shape index (κ2) is 6.81. The van der Waals surface area contributed by atoms with Gasteiger partial charge in [0.15, 0.2) is 5.96 Å². The van der Waals surface area contributed by atoms with Crippen molar-refractivity contribution < 1.29 is 22.7 Å². The number of nitrogens with one attached hydrogen (secondary N) is 1. The molecule has 3 N–H and O–H groups in total. The van der Waals surface area contributed by atoms with Crippen LogP contribution in [-0.4, -0.2) is 42.3 Å². The van der Waals surface area contributed by atoms with Gasteiger partial charge in [-0.3, -0.25) is 9.79 Å². The molecule has 0 bridgehead atoms. The molecule has 1 amide bonds. The Hall–Kier alpha value is -2.45. The summed E-state index contributed by atoms with van der Waals surface area (Å²) in [4.78, 5) is 18.0. The van der Waals surface area contributed by atoms with Crippen molar-refractivity contribution >= 4 is 17.6 Å². The summed E-state index contributed by atoms with van der Waals surface area (Å²) in [5.74, 6) is 0.172. The van der Waals surface area contributed by atoms with Crippen LogP contribution in [0.5, 0.6) is 5.75 Å². The fourth-order valence-corrected chi connectivity index (χ4v) is 2.82. The molecule has 1 aromatic carbocycles. The van der Waals surface area contributed by atoms with E-state index in [0.29, 0.717) is 31.2 Å². The summed E-state index contributed by atoms with van der Waals surface area (Å²) in [6, 6.07) is 5.61. The molecule has 2 aliphatic rings. The lowest BCUT2D eigenvalue weighted by molar-refractivity contribution is -0.274. The molecule has 0 aromatic heterocycles. The summed E-state index contributed by atoms with van der Waals surface area (Å²) in [6.07, 6.45) is -2.07. The van der Waals surface area contributed by atoms with Crippen LogP contribution < -0.4 is 15.8 Å². The van der Waals surface area contributed by atoms with Gasteiger partial charge in [0.05, 0.1) is 0 Å². The van der Waals surface area contributed by atoms with Crippen molar-refractivity contribution in [3.63, 3.8) is 0 Å². The molecule has 3 rings (SSSR count). The molecule has 136 valence electrons. The summed E-state index contributed by atoms with van der Waals surface area (Å²) < 4.78 is 40.1. The van der Waals surface area contributed by atoms with Gasteiger partial charge in [-0.15, -0.1) is 13.2 Å². The molecule has 6 nitrogen and oxygen atoms in total. The number of benzene rings is 1. The molecule has 1 saturated heterocycles. The molecule has 1 aliphatic carbocycles. The fourth-order valence-electron chi connectivity index (χ4n) is 2.82. The van der Waals surface area contributed by atoms with E-state index in [4.69, 9.17) is 5.73 Å². The highest BCUT2D eigenvalue weighted by Gasteiger charge is 2.39. The number of carbonyl (C=O) groups is 1. The van der Waals surface area contributed by atoms with Gasteiger partial charge in [0, 0.05) is 37.2 Å². The number of hydrogen-bond donors (Lipinski definition) is 2. The molecule has 9 heteroatoms. The first kappa shape index (κ1) is 17.4. The van der Waals surface area contributed by atoms with Gasteiger partial charge in [-0.25, -0.2) is 0 Å². The number of nitrogens with two attached hydrogens (primary N) is 1. The first-order valence-electron chi connectivity index (χ1n) is 8.02. The van der Waals surface area contributed by atoms with Crippen LogP contribution in [0.2, 0.25) is 0 Å². The number of nitrogens with zero attached hydrogens (tertiary/aromatic N) is 2. The molecule has 2 fully saturated rings. The third-order valence-electron chi connectivity index (χ3n) is 4.11. The van der Waals surface area contributed by atoms with Crippen LogP contribution in [0.3, 0.4) is 0 Å². The number of carbonyl (C=O) groups excluding carboxylic acids is 1. The van der Waals surface area contributed by atoms with E-state index in [1.165, 1.54) is 24.3 Å². The molecule has 1 aliphatic heterocycles. The minimum atomic E-state index is -4.72. The van der Waals surface area contributed by atoms with Crippen LogP contribution >= 0.6 is 0 Å². The number of aliphatic imine (C=N–C) groups is 1.